The van der Waals surface area contributed by atoms with Gasteiger partial charge in [0.2, 0.25) is 0 Å². The first-order valence-electron chi connectivity index (χ1n) is 0.865. The molecular formula is H9AlCaO6S. The third-order valence-corrected chi connectivity index (χ3v) is 0.283. The Kier molecular flexibility index (Phi) is 23.9. The Balaban J connectivity index is -0.0000000125. The summed E-state index contributed by atoms with van der Waals surface area (Å²) in [6, 6.07) is 0. The van der Waals surface area contributed by atoms with E-state index in [1.54, 1.807) is 0 Å². The van der Waals surface area contributed by atoms with Crippen molar-refractivity contribution >= 4 is 65.5 Å². The van der Waals surface area contributed by atoms with Gasteiger partial charge >= 0.3 is 48.1 Å². The van der Waals surface area contributed by atoms with Gasteiger partial charge in [0.15, 0.2) is 17.4 Å². The van der Waals surface area contributed by atoms with E-state index in [0.717, 1.165) is 0 Å². The summed E-state index contributed by atoms with van der Waals surface area (Å²) in [7, 11) is -4.61. The first-order chi connectivity index (χ1) is 2.56. The van der Waals surface area contributed by atoms with Gasteiger partial charge < -0.3 is 8.33 Å². The summed E-state index contributed by atoms with van der Waals surface area (Å²) in [5, 5.41) is 7.06. The van der Waals surface area contributed by atoms with E-state index in [0.29, 0.717) is 0 Å². The first-order valence-corrected chi connectivity index (χ1v) is 2.23. The molecule has 0 heterocycles. The fourth-order valence-corrected chi connectivity index (χ4v) is 0. The Labute approximate surface area is 95.5 Å². The van der Waals surface area contributed by atoms with Crippen LogP contribution in [-0.4, -0.2) is 78.8 Å². The topological polar surface area (TPSA) is 115 Å². The molecule has 0 unspecified atom stereocenters. The second-order valence-electron chi connectivity index (χ2n) is 0.502. The molecule has 0 saturated carbocycles. The second-order valence-corrected chi connectivity index (χ2v) is 1.51. The van der Waals surface area contributed by atoms with E-state index < -0.39 is 10.4 Å². The SMILES string of the molecule is O.O=S(=O)(O)OO.[AlH3].[Ca+2].[H-].[H-]. The van der Waals surface area contributed by atoms with Crippen LogP contribution in [0.3, 0.4) is 0 Å². The predicted molar refractivity (Wildman–Crippen MR) is 36.8 cm³/mol. The molecule has 0 atom stereocenters. The van der Waals surface area contributed by atoms with Crippen LogP contribution in [0.4, 0.5) is 0 Å². The summed E-state index contributed by atoms with van der Waals surface area (Å²) in [5.74, 6) is 0. The molecule has 0 radical (unpaired) electrons. The van der Waals surface area contributed by atoms with E-state index in [1.807, 2.05) is 0 Å². The molecule has 0 aromatic rings. The van der Waals surface area contributed by atoms with Gasteiger partial charge in [0.05, 0.1) is 0 Å². The molecule has 0 amide bonds. The minimum atomic E-state index is -4.61. The minimum Gasteiger partial charge on any atom is -1.00 e. The van der Waals surface area contributed by atoms with Crippen molar-refractivity contribution in [3.63, 3.8) is 0 Å². The van der Waals surface area contributed by atoms with Crippen molar-refractivity contribution in [3.8, 4) is 0 Å². The predicted octanol–water partition coefficient (Wildman–Crippen LogP) is -2.89. The van der Waals surface area contributed by atoms with E-state index in [2.05, 4.69) is 4.33 Å². The summed E-state index contributed by atoms with van der Waals surface area (Å²) in [6.45, 7) is 0. The van der Waals surface area contributed by atoms with Crippen molar-refractivity contribution in [1.82, 2.24) is 0 Å². The van der Waals surface area contributed by atoms with Gasteiger partial charge in [-0.25, -0.2) is 5.26 Å². The minimum absolute atomic E-state index is 0. The Hall–Kier alpha value is 1.58. The molecule has 4 N–H and O–H groups in total. The molecular weight excluding hydrogens is 195 g/mol. The van der Waals surface area contributed by atoms with Gasteiger partial charge in [-0.1, -0.05) is 4.33 Å². The summed E-state index contributed by atoms with van der Waals surface area (Å²) in [6.07, 6.45) is 0. The molecule has 0 rings (SSSR count). The summed E-state index contributed by atoms with van der Waals surface area (Å²) in [4.78, 5) is 0. The monoisotopic (exact) mass is 204 g/mol. The first kappa shape index (κ1) is 22.4. The van der Waals surface area contributed by atoms with Gasteiger partial charge in [-0.05, 0) is 0 Å². The van der Waals surface area contributed by atoms with Crippen LogP contribution in [0.5, 0.6) is 0 Å². The Morgan fingerprint density at radius 1 is 1.44 bits per heavy atom. The zero-order chi connectivity index (χ0) is 5.21. The standard InChI is InChI=1S/Al.Ca.H2O5S.H2O.5H/c;;1-5-6(2,3)4;;;;;;/h;;1H,(H,2,3,4);1H2;;;;;/q;+2;;;;;;2*-1. The third kappa shape index (κ3) is 26.2. The molecule has 0 spiro atoms. The molecule has 0 bridgehead atoms. The summed E-state index contributed by atoms with van der Waals surface area (Å²) in [5.41, 5.74) is 0. The maximum absolute atomic E-state index is 9.08. The molecule has 0 aliphatic rings. The molecule has 9 heavy (non-hydrogen) atoms. The van der Waals surface area contributed by atoms with Crippen molar-refractivity contribution in [3.05, 3.63) is 0 Å². The average Bonchev–Trinajstić information content (AvgIpc) is 1.35. The molecule has 0 aromatic heterocycles. The van der Waals surface area contributed by atoms with E-state index >= 15 is 0 Å². The average molecular weight is 204 g/mol. The smallest absolute Gasteiger partial charge is 1.00 e. The Morgan fingerprint density at radius 2 is 1.56 bits per heavy atom. The van der Waals surface area contributed by atoms with Crippen LogP contribution >= 0.6 is 0 Å². The van der Waals surface area contributed by atoms with Crippen molar-refractivity contribution in [1.29, 1.82) is 0 Å². The number of rotatable bonds is 1. The van der Waals surface area contributed by atoms with Crippen molar-refractivity contribution in [2.75, 3.05) is 0 Å². The number of hydrogen-bond acceptors (Lipinski definition) is 4. The van der Waals surface area contributed by atoms with Crippen LogP contribution in [-0.2, 0) is 14.7 Å². The molecule has 0 fully saturated rings. The van der Waals surface area contributed by atoms with Crippen LogP contribution in [0.15, 0.2) is 0 Å². The van der Waals surface area contributed by atoms with Crippen molar-refractivity contribution < 1.29 is 30.9 Å². The molecule has 0 aliphatic heterocycles. The molecule has 0 aliphatic carbocycles. The molecule has 56 valence electrons. The van der Waals surface area contributed by atoms with Gasteiger partial charge in [-0.3, -0.25) is 4.55 Å². The second kappa shape index (κ2) is 9.58. The molecule has 0 saturated heterocycles. The maximum Gasteiger partial charge on any atom is 2.00 e. The van der Waals surface area contributed by atoms with E-state index in [-0.39, 0.29) is 63.4 Å². The van der Waals surface area contributed by atoms with Crippen LogP contribution in [0.25, 0.3) is 0 Å². The van der Waals surface area contributed by atoms with E-state index in [4.69, 9.17) is 18.2 Å². The zero-order valence-electron chi connectivity index (χ0n) is 5.73. The van der Waals surface area contributed by atoms with Gasteiger partial charge in [0.1, 0.15) is 0 Å². The third-order valence-electron chi connectivity index (χ3n) is 0.0942. The van der Waals surface area contributed by atoms with Crippen LogP contribution in [0.1, 0.15) is 2.85 Å². The normalized spacial score (nSPS) is 7.78. The summed E-state index contributed by atoms with van der Waals surface area (Å²) < 4.78 is 28.0. The maximum atomic E-state index is 9.08. The van der Waals surface area contributed by atoms with E-state index in [1.165, 1.54) is 0 Å². The van der Waals surface area contributed by atoms with E-state index in [9.17, 15) is 0 Å². The number of hydrogen-bond donors (Lipinski definition) is 2. The Morgan fingerprint density at radius 3 is 1.56 bits per heavy atom. The van der Waals surface area contributed by atoms with Gasteiger partial charge in [0.25, 0.3) is 0 Å². The Bertz CT molecular complexity index is 123. The van der Waals surface area contributed by atoms with Crippen molar-refractivity contribution in [2.45, 2.75) is 0 Å². The largest absolute Gasteiger partial charge is 2.00 e. The van der Waals surface area contributed by atoms with Crippen LogP contribution in [0.2, 0.25) is 0 Å². The van der Waals surface area contributed by atoms with Crippen molar-refractivity contribution in [2.24, 2.45) is 0 Å². The van der Waals surface area contributed by atoms with Gasteiger partial charge in [-0.2, -0.15) is 8.42 Å². The quantitative estimate of drug-likeness (QED) is 0.206. The molecule has 6 nitrogen and oxygen atoms in total. The zero-order valence-corrected chi connectivity index (χ0v) is 6.76. The fourth-order valence-electron chi connectivity index (χ4n) is 0. The summed E-state index contributed by atoms with van der Waals surface area (Å²) >= 11 is 0. The van der Waals surface area contributed by atoms with Crippen LogP contribution < -0.4 is 0 Å². The molecule has 0 aromatic carbocycles. The molecule has 9 heteroatoms. The fraction of sp³-hybridized carbons (Fsp3) is 0. The van der Waals surface area contributed by atoms with Gasteiger partial charge in [-0.15, -0.1) is 0 Å². The van der Waals surface area contributed by atoms with Crippen LogP contribution in [0, 0.1) is 0 Å². The van der Waals surface area contributed by atoms with Gasteiger partial charge in [0, 0.05) is 0 Å².